The van der Waals surface area contributed by atoms with Gasteiger partial charge in [0.2, 0.25) is 11.9 Å². The standard InChI is InChI=1S/C17H22N6O2/c1-12-9-23(15(12)13-7-5-4-6-8-13)17(25)19-16-18-11-22(20-16)10-14(24)21(2)3/h4-8,11-12,15H,9-10H2,1-3H3,(H,19,20,25)/t12-,15+/m1/s1. The van der Waals surface area contributed by atoms with Gasteiger partial charge in [0.05, 0.1) is 6.04 Å². The van der Waals surface area contributed by atoms with Crippen LogP contribution in [-0.2, 0) is 11.3 Å². The summed E-state index contributed by atoms with van der Waals surface area (Å²) in [6.45, 7) is 2.90. The van der Waals surface area contributed by atoms with Gasteiger partial charge in [-0.15, -0.1) is 5.10 Å². The molecular weight excluding hydrogens is 320 g/mol. The number of hydrogen-bond donors (Lipinski definition) is 1. The predicted molar refractivity (Wildman–Crippen MR) is 92.8 cm³/mol. The third-order valence-electron chi connectivity index (χ3n) is 4.31. The fourth-order valence-corrected chi connectivity index (χ4v) is 2.94. The number of likely N-dealkylation sites (N-methyl/N-ethyl adjacent to an activating group) is 1. The number of likely N-dealkylation sites (tertiary alicyclic amines) is 1. The highest BCUT2D eigenvalue weighted by molar-refractivity contribution is 5.88. The van der Waals surface area contributed by atoms with Crippen LogP contribution in [0.2, 0.25) is 0 Å². The first-order valence-corrected chi connectivity index (χ1v) is 8.18. The summed E-state index contributed by atoms with van der Waals surface area (Å²) >= 11 is 0. The molecule has 2 atom stereocenters. The summed E-state index contributed by atoms with van der Waals surface area (Å²) in [5.41, 5.74) is 1.12. The Bertz CT molecular complexity index is 758. The van der Waals surface area contributed by atoms with Gasteiger partial charge in [0.25, 0.3) is 0 Å². The molecule has 0 saturated carbocycles. The van der Waals surface area contributed by atoms with Crippen molar-refractivity contribution in [3.63, 3.8) is 0 Å². The van der Waals surface area contributed by atoms with Crippen molar-refractivity contribution in [1.29, 1.82) is 0 Å². The van der Waals surface area contributed by atoms with Crippen LogP contribution < -0.4 is 5.32 Å². The first kappa shape index (κ1) is 16.9. The number of benzene rings is 1. The molecule has 1 aliphatic rings. The largest absolute Gasteiger partial charge is 0.347 e. The van der Waals surface area contributed by atoms with Gasteiger partial charge in [-0.1, -0.05) is 37.3 Å². The Labute approximate surface area is 146 Å². The fourth-order valence-electron chi connectivity index (χ4n) is 2.94. The Balaban J connectivity index is 1.63. The minimum Gasteiger partial charge on any atom is -0.347 e. The molecule has 0 radical (unpaired) electrons. The zero-order chi connectivity index (χ0) is 18.0. The van der Waals surface area contributed by atoms with E-state index in [-0.39, 0.29) is 30.5 Å². The first-order valence-electron chi connectivity index (χ1n) is 8.18. The zero-order valence-electron chi connectivity index (χ0n) is 14.6. The number of carbonyl (C=O) groups is 2. The summed E-state index contributed by atoms with van der Waals surface area (Å²) in [5.74, 6) is 0.503. The quantitative estimate of drug-likeness (QED) is 0.915. The average molecular weight is 342 g/mol. The van der Waals surface area contributed by atoms with Crippen LogP contribution in [0.1, 0.15) is 18.5 Å². The number of rotatable bonds is 4. The maximum absolute atomic E-state index is 12.5. The lowest BCUT2D eigenvalue weighted by atomic mass is 9.85. The molecule has 0 bridgehead atoms. The van der Waals surface area contributed by atoms with Gasteiger partial charge in [0.1, 0.15) is 12.9 Å². The number of nitrogens with one attached hydrogen (secondary N) is 1. The van der Waals surface area contributed by atoms with E-state index in [1.807, 2.05) is 30.3 Å². The van der Waals surface area contributed by atoms with E-state index < -0.39 is 0 Å². The van der Waals surface area contributed by atoms with Crippen molar-refractivity contribution in [3.8, 4) is 0 Å². The molecule has 0 unspecified atom stereocenters. The van der Waals surface area contributed by atoms with Crippen molar-refractivity contribution >= 4 is 17.9 Å². The number of anilines is 1. The first-order chi connectivity index (χ1) is 12.0. The fraction of sp³-hybridized carbons (Fsp3) is 0.412. The van der Waals surface area contributed by atoms with Crippen LogP contribution in [0.4, 0.5) is 10.7 Å². The van der Waals surface area contributed by atoms with E-state index >= 15 is 0 Å². The third-order valence-corrected chi connectivity index (χ3v) is 4.31. The highest BCUT2D eigenvalue weighted by Crippen LogP contribution is 2.38. The lowest BCUT2D eigenvalue weighted by molar-refractivity contribution is -0.129. The van der Waals surface area contributed by atoms with Crippen LogP contribution in [0.25, 0.3) is 0 Å². The molecule has 2 heterocycles. The Kier molecular flexibility index (Phi) is 4.69. The molecule has 3 rings (SSSR count). The van der Waals surface area contributed by atoms with E-state index in [9.17, 15) is 9.59 Å². The molecule has 132 valence electrons. The Morgan fingerprint density at radius 1 is 1.28 bits per heavy atom. The van der Waals surface area contributed by atoms with Gasteiger partial charge in [0, 0.05) is 20.6 Å². The average Bonchev–Trinajstić information content (AvgIpc) is 3.00. The van der Waals surface area contributed by atoms with Gasteiger partial charge in [-0.3, -0.25) is 10.1 Å². The van der Waals surface area contributed by atoms with E-state index in [0.29, 0.717) is 12.5 Å². The third kappa shape index (κ3) is 3.62. The number of urea groups is 1. The predicted octanol–water partition coefficient (Wildman–Crippen LogP) is 1.59. The maximum atomic E-state index is 12.5. The number of hydrogen-bond acceptors (Lipinski definition) is 4. The van der Waals surface area contributed by atoms with Crippen LogP contribution in [0, 0.1) is 5.92 Å². The Hall–Kier alpha value is -2.90. The van der Waals surface area contributed by atoms with E-state index in [1.54, 1.807) is 19.0 Å². The van der Waals surface area contributed by atoms with Crippen LogP contribution in [0.5, 0.6) is 0 Å². The zero-order valence-corrected chi connectivity index (χ0v) is 14.6. The number of amides is 3. The second-order valence-corrected chi connectivity index (χ2v) is 6.47. The highest BCUT2D eigenvalue weighted by Gasteiger charge is 2.40. The molecule has 8 nitrogen and oxygen atoms in total. The minimum atomic E-state index is -0.233. The summed E-state index contributed by atoms with van der Waals surface area (Å²) in [7, 11) is 3.35. The number of aromatic nitrogens is 3. The monoisotopic (exact) mass is 342 g/mol. The second kappa shape index (κ2) is 6.92. The SMILES string of the molecule is C[C@@H]1CN(C(=O)Nc2ncn(CC(=O)N(C)C)n2)[C@@H]1c1ccccc1. The molecule has 3 amide bonds. The lowest BCUT2D eigenvalue weighted by Crippen LogP contribution is -2.53. The molecule has 0 aliphatic carbocycles. The maximum Gasteiger partial charge on any atom is 0.324 e. The molecule has 1 N–H and O–H groups in total. The molecule has 25 heavy (non-hydrogen) atoms. The van der Waals surface area contributed by atoms with E-state index in [0.717, 1.165) is 5.56 Å². The van der Waals surface area contributed by atoms with Crippen molar-refractivity contribution in [1.82, 2.24) is 24.6 Å². The summed E-state index contributed by atoms with van der Waals surface area (Å²) < 4.78 is 1.41. The van der Waals surface area contributed by atoms with Crippen molar-refractivity contribution in [2.45, 2.75) is 19.5 Å². The van der Waals surface area contributed by atoms with Gasteiger partial charge >= 0.3 is 6.03 Å². The van der Waals surface area contributed by atoms with Gasteiger partial charge in [0.15, 0.2) is 0 Å². The highest BCUT2D eigenvalue weighted by atomic mass is 16.2. The van der Waals surface area contributed by atoms with Gasteiger partial charge in [-0.25, -0.2) is 14.5 Å². The van der Waals surface area contributed by atoms with E-state index in [2.05, 4.69) is 22.3 Å². The normalized spacial score (nSPS) is 19.2. The summed E-state index contributed by atoms with van der Waals surface area (Å²) in [6, 6.07) is 9.79. The molecular formula is C17H22N6O2. The van der Waals surface area contributed by atoms with Gasteiger partial charge in [-0.05, 0) is 11.5 Å². The topological polar surface area (TPSA) is 83.4 Å². The molecule has 1 saturated heterocycles. The summed E-state index contributed by atoms with van der Waals surface area (Å²) in [5, 5.41) is 6.84. The summed E-state index contributed by atoms with van der Waals surface area (Å²) in [4.78, 5) is 31.5. The van der Waals surface area contributed by atoms with Crippen LogP contribution in [0.3, 0.4) is 0 Å². The van der Waals surface area contributed by atoms with Crippen LogP contribution in [0.15, 0.2) is 36.7 Å². The molecule has 2 aromatic rings. The Morgan fingerprint density at radius 3 is 2.64 bits per heavy atom. The van der Waals surface area contributed by atoms with Gasteiger partial charge < -0.3 is 9.80 Å². The van der Waals surface area contributed by atoms with Crippen LogP contribution in [-0.4, -0.2) is 57.1 Å². The molecule has 1 aliphatic heterocycles. The minimum absolute atomic E-state index is 0.0543. The molecule has 1 fully saturated rings. The van der Waals surface area contributed by atoms with Crippen molar-refractivity contribution < 1.29 is 9.59 Å². The smallest absolute Gasteiger partial charge is 0.324 e. The molecule has 1 aromatic carbocycles. The van der Waals surface area contributed by atoms with Crippen LogP contribution >= 0.6 is 0 Å². The number of carbonyl (C=O) groups excluding carboxylic acids is 2. The van der Waals surface area contributed by atoms with E-state index in [4.69, 9.17) is 0 Å². The molecule has 1 aromatic heterocycles. The van der Waals surface area contributed by atoms with E-state index in [1.165, 1.54) is 15.9 Å². The van der Waals surface area contributed by atoms with Crippen molar-refractivity contribution in [3.05, 3.63) is 42.2 Å². The van der Waals surface area contributed by atoms with Crippen molar-refractivity contribution in [2.75, 3.05) is 26.0 Å². The molecule has 8 heteroatoms. The second-order valence-electron chi connectivity index (χ2n) is 6.47. The Morgan fingerprint density at radius 2 is 2.00 bits per heavy atom. The summed E-state index contributed by atoms with van der Waals surface area (Å²) in [6.07, 6.45) is 1.43. The number of nitrogens with zero attached hydrogens (tertiary/aromatic N) is 5. The van der Waals surface area contributed by atoms with Gasteiger partial charge in [-0.2, -0.15) is 0 Å². The lowest BCUT2D eigenvalue weighted by Gasteiger charge is -2.46. The van der Waals surface area contributed by atoms with Crippen molar-refractivity contribution in [2.24, 2.45) is 5.92 Å². The molecule has 0 spiro atoms.